The molecule has 0 saturated heterocycles. The van der Waals surface area contributed by atoms with Gasteiger partial charge in [0.2, 0.25) is 11.6 Å². The molecule has 0 saturated carbocycles. The summed E-state index contributed by atoms with van der Waals surface area (Å²) in [6.45, 7) is 1.81. The van der Waals surface area contributed by atoms with Gasteiger partial charge < -0.3 is 9.47 Å². The number of aryl methyl sites for hydroxylation is 1. The van der Waals surface area contributed by atoms with Crippen LogP contribution < -0.4 is 4.74 Å². The standard InChI is InChI=1S/C20H20ClNO5S/c1-13-17(5-3-4-14-6-9-16(10-7-14)28(2,24)25)19(20(23)26-13)27-18-11-8-15(21)12-22-18/h6-13H,3-5H2,1-2H3. The molecular formula is C20H20ClNO5S. The lowest BCUT2D eigenvalue weighted by Crippen LogP contribution is -2.07. The topological polar surface area (TPSA) is 82.6 Å². The van der Waals surface area contributed by atoms with Crippen LogP contribution in [0.1, 0.15) is 25.3 Å². The van der Waals surface area contributed by atoms with Crippen LogP contribution in [0.3, 0.4) is 0 Å². The van der Waals surface area contributed by atoms with Crippen molar-refractivity contribution in [1.82, 2.24) is 4.98 Å². The lowest BCUT2D eigenvalue weighted by atomic mass is 10.0. The maximum absolute atomic E-state index is 12.1. The molecule has 0 N–H and O–H groups in total. The number of halogens is 1. The molecule has 1 aliphatic rings. The normalized spacial score (nSPS) is 17.0. The summed E-state index contributed by atoms with van der Waals surface area (Å²) in [4.78, 5) is 16.5. The number of hydrogen-bond acceptors (Lipinski definition) is 6. The zero-order chi connectivity index (χ0) is 20.3. The predicted molar refractivity (Wildman–Crippen MR) is 105 cm³/mol. The van der Waals surface area contributed by atoms with Crippen molar-refractivity contribution in [2.75, 3.05) is 6.26 Å². The smallest absolute Gasteiger partial charge is 0.375 e. The highest BCUT2D eigenvalue weighted by Crippen LogP contribution is 2.29. The van der Waals surface area contributed by atoms with Crippen molar-refractivity contribution in [3.63, 3.8) is 0 Å². The fraction of sp³-hybridized carbons (Fsp3) is 0.300. The van der Waals surface area contributed by atoms with Gasteiger partial charge in [0.05, 0.1) is 9.92 Å². The SMILES string of the molecule is CC1OC(=O)C(Oc2ccc(Cl)cn2)=C1CCCc1ccc(S(C)(=O)=O)cc1. The molecule has 6 nitrogen and oxygen atoms in total. The molecule has 0 fully saturated rings. The van der Waals surface area contributed by atoms with Crippen LogP contribution in [-0.4, -0.2) is 31.7 Å². The zero-order valence-electron chi connectivity index (χ0n) is 15.5. The number of aromatic nitrogens is 1. The van der Waals surface area contributed by atoms with Crippen molar-refractivity contribution in [1.29, 1.82) is 0 Å². The first-order valence-electron chi connectivity index (χ1n) is 8.76. The van der Waals surface area contributed by atoms with E-state index in [2.05, 4.69) is 4.98 Å². The lowest BCUT2D eigenvalue weighted by molar-refractivity contribution is -0.141. The van der Waals surface area contributed by atoms with Gasteiger partial charge in [0.1, 0.15) is 6.10 Å². The van der Waals surface area contributed by atoms with Crippen LogP contribution in [-0.2, 0) is 25.8 Å². The molecule has 0 aliphatic carbocycles. The summed E-state index contributed by atoms with van der Waals surface area (Å²) < 4.78 is 34.0. The van der Waals surface area contributed by atoms with Crippen LogP contribution in [0.15, 0.2) is 58.8 Å². The molecule has 0 amide bonds. The van der Waals surface area contributed by atoms with Gasteiger partial charge in [0.15, 0.2) is 9.84 Å². The van der Waals surface area contributed by atoms with E-state index in [1.807, 2.05) is 0 Å². The summed E-state index contributed by atoms with van der Waals surface area (Å²) in [5.41, 5.74) is 1.81. The van der Waals surface area contributed by atoms with E-state index in [1.165, 1.54) is 12.5 Å². The maximum atomic E-state index is 12.1. The Bertz CT molecular complexity index is 998. The maximum Gasteiger partial charge on any atom is 0.375 e. The molecule has 1 atom stereocenters. The average Bonchev–Trinajstić information content (AvgIpc) is 2.90. The van der Waals surface area contributed by atoms with Gasteiger partial charge in [-0.15, -0.1) is 0 Å². The second kappa shape index (κ2) is 8.32. The molecule has 1 aromatic heterocycles. The van der Waals surface area contributed by atoms with Gasteiger partial charge in [0, 0.05) is 24.1 Å². The minimum absolute atomic E-state index is 0.176. The lowest BCUT2D eigenvalue weighted by Gasteiger charge is -2.09. The Kier molecular flexibility index (Phi) is 6.05. The highest BCUT2D eigenvalue weighted by Gasteiger charge is 2.33. The first kappa shape index (κ1) is 20.4. The van der Waals surface area contributed by atoms with Gasteiger partial charge in [-0.2, -0.15) is 0 Å². The first-order chi connectivity index (χ1) is 13.2. The van der Waals surface area contributed by atoms with Gasteiger partial charge in [-0.25, -0.2) is 18.2 Å². The Hall–Kier alpha value is -2.38. The van der Waals surface area contributed by atoms with Crippen molar-refractivity contribution >= 4 is 27.4 Å². The van der Waals surface area contributed by atoms with Crippen molar-refractivity contribution in [3.05, 3.63) is 64.5 Å². The summed E-state index contributed by atoms with van der Waals surface area (Å²) in [7, 11) is -3.20. The van der Waals surface area contributed by atoms with E-state index in [4.69, 9.17) is 21.1 Å². The molecule has 0 spiro atoms. The van der Waals surface area contributed by atoms with Crippen molar-refractivity contribution in [3.8, 4) is 5.88 Å². The molecule has 1 aromatic carbocycles. The van der Waals surface area contributed by atoms with Gasteiger partial charge in [-0.05, 0) is 49.9 Å². The zero-order valence-corrected chi connectivity index (χ0v) is 17.1. The third-order valence-electron chi connectivity index (χ3n) is 4.42. The predicted octanol–water partition coefficient (Wildman–Crippen LogP) is 3.74. The van der Waals surface area contributed by atoms with Gasteiger partial charge in [-0.1, -0.05) is 23.7 Å². The molecule has 148 valence electrons. The Morgan fingerprint density at radius 2 is 1.86 bits per heavy atom. The van der Waals surface area contributed by atoms with Crippen LogP contribution >= 0.6 is 11.6 Å². The minimum Gasteiger partial charge on any atom is -0.452 e. The number of nitrogens with zero attached hydrogens (tertiary/aromatic N) is 1. The highest BCUT2D eigenvalue weighted by atomic mass is 35.5. The number of carbonyl (C=O) groups excluding carboxylic acids is 1. The number of cyclic esters (lactones) is 1. The molecular weight excluding hydrogens is 402 g/mol. The molecule has 2 aromatic rings. The van der Waals surface area contributed by atoms with Crippen molar-refractivity contribution < 1.29 is 22.7 Å². The number of sulfone groups is 1. The third-order valence-corrected chi connectivity index (χ3v) is 5.77. The van der Waals surface area contributed by atoms with Crippen LogP contribution in [0.4, 0.5) is 0 Å². The molecule has 3 rings (SSSR count). The van der Waals surface area contributed by atoms with Crippen LogP contribution in [0.5, 0.6) is 5.88 Å². The fourth-order valence-corrected chi connectivity index (χ4v) is 3.68. The largest absolute Gasteiger partial charge is 0.452 e. The molecule has 8 heteroatoms. The van der Waals surface area contributed by atoms with Gasteiger partial charge in [0.25, 0.3) is 0 Å². The molecule has 28 heavy (non-hydrogen) atoms. The second-order valence-electron chi connectivity index (χ2n) is 6.59. The van der Waals surface area contributed by atoms with Crippen molar-refractivity contribution in [2.24, 2.45) is 0 Å². The summed E-state index contributed by atoms with van der Waals surface area (Å²) >= 11 is 5.82. The van der Waals surface area contributed by atoms with E-state index in [0.717, 1.165) is 24.0 Å². The first-order valence-corrected chi connectivity index (χ1v) is 11.0. The van der Waals surface area contributed by atoms with E-state index in [0.29, 0.717) is 16.3 Å². The third kappa shape index (κ3) is 4.91. The number of benzene rings is 1. The number of ether oxygens (including phenoxy) is 2. The molecule has 0 bridgehead atoms. The highest BCUT2D eigenvalue weighted by molar-refractivity contribution is 7.90. The van der Waals surface area contributed by atoms with E-state index >= 15 is 0 Å². The number of pyridine rings is 1. The average molecular weight is 422 g/mol. The van der Waals surface area contributed by atoms with Crippen LogP contribution in [0.25, 0.3) is 0 Å². The minimum atomic E-state index is -3.20. The molecule has 2 heterocycles. The monoisotopic (exact) mass is 421 g/mol. The Labute approximate surface area is 169 Å². The van der Waals surface area contributed by atoms with Crippen LogP contribution in [0, 0.1) is 0 Å². The van der Waals surface area contributed by atoms with Gasteiger partial charge >= 0.3 is 5.97 Å². The van der Waals surface area contributed by atoms with E-state index < -0.39 is 15.8 Å². The molecule has 1 unspecified atom stereocenters. The number of rotatable bonds is 7. The second-order valence-corrected chi connectivity index (χ2v) is 9.04. The Balaban J connectivity index is 1.67. The summed E-state index contributed by atoms with van der Waals surface area (Å²) in [5.74, 6) is -0.0502. The van der Waals surface area contributed by atoms with Crippen LogP contribution in [0.2, 0.25) is 5.02 Å². The molecule has 0 radical (unpaired) electrons. The number of carbonyl (C=O) groups is 1. The van der Waals surface area contributed by atoms with E-state index in [9.17, 15) is 13.2 Å². The Morgan fingerprint density at radius 3 is 2.46 bits per heavy atom. The number of hydrogen-bond donors (Lipinski definition) is 0. The summed E-state index contributed by atoms with van der Waals surface area (Å²) in [6, 6.07) is 10.0. The molecule has 1 aliphatic heterocycles. The summed E-state index contributed by atoms with van der Waals surface area (Å²) in [6.07, 6.45) is 4.38. The van der Waals surface area contributed by atoms with Gasteiger partial charge in [-0.3, -0.25) is 0 Å². The number of esters is 1. The van der Waals surface area contributed by atoms with E-state index in [-0.39, 0.29) is 17.7 Å². The Morgan fingerprint density at radius 1 is 1.14 bits per heavy atom. The summed E-state index contributed by atoms with van der Waals surface area (Å²) in [5, 5.41) is 0.478. The van der Waals surface area contributed by atoms with E-state index in [1.54, 1.807) is 43.3 Å². The fourth-order valence-electron chi connectivity index (χ4n) is 2.94. The quantitative estimate of drug-likeness (QED) is 0.633. The van der Waals surface area contributed by atoms with Crippen molar-refractivity contribution in [2.45, 2.75) is 37.2 Å².